The minimum absolute atomic E-state index is 0.0629. The molecule has 19 heavy (non-hydrogen) atoms. The van der Waals surface area contributed by atoms with E-state index in [2.05, 4.69) is 10.6 Å². The zero-order valence-corrected chi connectivity index (χ0v) is 11.7. The Hall–Kier alpha value is -0.610. The molecule has 3 fully saturated rings. The Morgan fingerprint density at radius 3 is 2.74 bits per heavy atom. The zero-order chi connectivity index (χ0) is 13.1. The number of fused-ring (bicyclic) bond motifs is 1. The quantitative estimate of drug-likeness (QED) is 0.813. The van der Waals surface area contributed by atoms with Gasteiger partial charge in [0.1, 0.15) is 0 Å². The molecule has 3 unspecified atom stereocenters. The first-order valence-electron chi connectivity index (χ1n) is 7.94. The lowest BCUT2D eigenvalue weighted by molar-refractivity contribution is -0.123. The van der Waals surface area contributed by atoms with Crippen molar-refractivity contribution in [2.24, 2.45) is 11.8 Å². The van der Waals surface area contributed by atoms with Gasteiger partial charge >= 0.3 is 0 Å². The van der Waals surface area contributed by atoms with E-state index in [1.807, 2.05) is 0 Å². The second-order valence-corrected chi connectivity index (χ2v) is 6.41. The Morgan fingerprint density at radius 1 is 1.16 bits per heavy atom. The number of hydrogen-bond donors (Lipinski definition) is 2. The smallest absolute Gasteiger partial charge is 0.237 e. The molecule has 2 heterocycles. The van der Waals surface area contributed by atoms with Gasteiger partial charge in [-0.2, -0.15) is 0 Å². The molecule has 2 saturated heterocycles. The number of ether oxygens (including phenoxy) is 1. The lowest BCUT2D eigenvalue weighted by Crippen LogP contribution is -2.44. The molecule has 0 aromatic rings. The van der Waals surface area contributed by atoms with Crippen LogP contribution < -0.4 is 10.6 Å². The predicted molar refractivity (Wildman–Crippen MR) is 73.8 cm³/mol. The summed E-state index contributed by atoms with van der Waals surface area (Å²) in [7, 11) is 0. The fraction of sp³-hybridized carbons (Fsp3) is 0.933. The highest BCUT2D eigenvalue weighted by Crippen LogP contribution is 2.33. The van der Waals surface area contributed by atoms with Crippen molar-refractivity contribution in [3.63, 3.8) is 0 Å². The van der Waals surface area contributed by atoms with Gasteiger partial charge in [0.05, 0.1) is 6.04 Å². The number of carbonyl (C=O) groups is 1. The highest BCUT2D eigenvalue weighted by Gasteiger charge is 2.38. The lowest BCUT2D eigenvalue weighted by Gasteiger charge is -2.24. The monoisotopic (exact) mass is 266 g/mol. The molecule has 0 radical (unpaired) electrons. The van der Waals surface area contributed by atoms with Crippen molar-refractivity contribution < 1.29 is 9.53 Å². The minimum Gasteiger partial charge on any atom is -0.381 e. The average Bonchev–Trinajstić information content (AvgIpc) is 2.90. The number of amides is 1. The fourth-order valence-corrected chi connectivity index (χ4v) is 3.84. The van der Waals surface area contributed by atoms with E-state index in [0.29, 0.717) is 12.0 Å². The first kappa shape index (κ1) is 13.4. The summed E-state index contributed by atoms with van der Waals surface area (Å²) in [6.45, 7) is 2.54. The van der Waals surface area contributed by atoms with Crippen molar-refractivity contribution in [1.29, 1.82) is 0 Å². The van der Waals surface area contributed by atoms with Crippen molar-refractivity contribution in [3.05, 3.63) is 0 Å². The van der Waals surface area contributed by atoms with Gasteiger partial charge < -0.3 is 15.4 Å². The Labute approximate surface area is 115 Å². The third-order valence-electron chi connectivity index (χ3n) is 5.09. The molecule has 2 aliphatic heterocycles. The minimum atomic E-state index is 0.0629. The zero-order valence-electron chi connectivity index (χ0n) is 11.7. The topological polar surface area (TPSA) is 50.4 Å². The number of carbonyl (C=O) groups excluding carboxylic acids is 1. The molecule has 4 heteroatoms. The fourth-order valence-electron chi connectivity index (χ4n) is 3.84. The molecule has 3 aliphatic rings. The average molecular weight is 266 g/mol. The van der Waals surface area contributed by atoms with Gasteiger partial charge in [-0.15, -0.1) is 0 Å². The molecule has 1 aliphatic carbocycles. The van der Waals surface area contributed by atoms with E-state index in [1.54, 1.807) is 0 Å². The van der Waals surface area contributed by atoms with E-state index in [0.717, 1.165) is 44.9 Å². The van der Waals surface area contributed by atoms with Crippen molar-refractivity contribution in [1.82, 2.24) is 10.6 Å². The molecule has 2 N–H and O–H groups in total. The van der Waals surface area contributed by atoms with E-state index < -0.39 is 0 Å². The van der Waals surface area contributed by atoms with Gasteiger partial charge in [-0.3, -0.25) is 4.79 Å². The highest BCUT2D eigenvalue weighted by atomic mass is 16.5. The van der Waals surface area contributed by atoms with Crippen molar-refractivity contribution in [2.75, 3.05) is 19.8 Å². The van der Waals surface area contributed by atoms with Crippen LogP contribution in [0.2, 0.25) is 0 Å². The Bertz CT molecular complexity index is 301. The van der Waals surface area contributed by atoms with E-state index in [4.69, 9.17) is 4.74 Å². The molecule has 0 bridgehead atoms. The molecule has 108 valence electrons. The number of hydrogen-bond acceptors (Lipinski definition) is 3. The Morgan fingerprint density at radius 2 is 1.95 bits per heavy atom. The van der Waals surface area contributed by atoms with Crippen molar-refractivity contribution in [3.8, 4) is 0 Å². The van der Waals surface area contributed by atoms with Crippen LogP contribution in [0.4, 0.5) is 0 Å². The van der Waals surface area contributed by atoms with Crippen molar-refractivity contribution in [2.45, 2.75) is 57.0 Å². The molecule has 0 aromatic carbocycles. The van der Waals surface area contributed by atoms with Crippen LogP contribution in [0, 0.1) is 11.8 Å². The molecule has 0 aromatic heterocycles. The summed E-state index contributed by atoms with van der Waals surface area (Å²) >= 11 is 0. The van der Waals surface area contributed by atoms with E-state index in [1.165, 1.54) is 25.7 Å². The summed E-state index contributed by atoms with van der Waals surface area (Å²) in [4.78, 5) is 12.2. The first-order chi connectivity index (χ1) is 9.33. The van der Waals surface area contributed by atoms with Crippen LogP contribution >= 0.6 is 0 Å². The molecule has 3 atom stereocenters. The standard InChI is InChI=1S/C15H26N2O2/c18-15(16-10-11-5-7-19-8-6-11)14-9-12-3-1-2-4-13(12)17-14/h11-14,17H,1-10H2,(H,16,18). The van der Waals surface area contributed by atoms with Gasteiger partial charge in [0.25, 0.3) is 0 Å². The molecule has 3 rings (SSSR count). The second-order valence-electron chi connectivity index (χ2n) is 6.41. The van der Waals surface area contributed by atoms with Crippen LogP contribution in [0.15, 0.2) is 0 Å². The third-order valence-corrected chi connectivity index (χ3v) is 5.09. The van der Waals surface area contributed by atoms with Gasteiger partial charge in [0.15, 0.2) is 0 Å². The van der Waals surface area contributed by atoms with Gasteiger partial charge in [-0.25, -0.2) is 0 Å². The van der Waals surface area contributed by atoms with E-state index in [9.17, 15) is 4.79 Å². The lowest BCUT2D eigenvalue weighted by atomic mass is 9.85. The van der Waals surface area contributed by atoms with Crippen LogP contribution in [-0.2, 0) is 9.53 Å². The maximum atomic E-state index is 12.2. The summed E-state index contributed by atoms with van der Waals surface area (Å²) in [5.41, 5.74) is 0. The van der Waals surface area contributed by atoms with Crippen LogP contribution in [-0.4, -0.2) is 37.7 Å². The summed E-state index contributed by atoms with van der Waals surface area (Å²) in [5, 5.41) is 6.69. The van der Waals surface area contributed by atoms with Crippen LogP contribution in [0.3, 0.4) is 0 Å². The largest absolute Gasteiger partial charge is 0.381 e. The highest BCUT2D eigenvalue weighted by molar-refractivity contribution is 5.82. The SMILES string of the molecule is O=C(NCC1CCOCC1)C1CC2CCCCC2N1. The molecular weight excluding hydrogens is 240 g/mol. The maximum absolute atomic E-state index is 12.2. The maximum Gasteiger partial charge on any atom is 0.237 e. The summed E-state index contributed by atoms with van der Waals surface area (Å²) in [6, 6.07) is 0.667. The van der Waals surface area contributed by atoms with Crippen LogP contribution in [0.5, 0.6) is 0 Å². The molecule has 0 spiro atoms. The van der Waals surface area contributed by atoms with Gasteiger partial charge in [0, 0.05) is 25.8 Å². The summed E-state index contributed by atoms with van der Waals surface area (Å²) < 4.78 is 5.35. The summed E-state index contributed by atoms with van der Waals surface area (Å²) in [5.74, 6) is 1.58. The van der Waals surface area contributed by atoms with Crippen molar-refractivity contribution >= 4 is 5.91 Å². The van der Waals surface area contributed by atoms with Crippen LogP contribution in [0.1, 0.15) is 44.9 Å². The molecule has 1 saturated carbocycles. The predicted octanol–water partition coefficient (Wildman–Crippen LogP) is 1.45. The summed E-state index contributed by atoms with van der Waals surface area (Å²) in [6.07, 6.45) is 8.46. The number of rotatable bonds is 3. The van der Waals surface area contributed by atoms with E-state index in [-0.39, 0.29) is 11.9 Å². The third kappa shape index (κ3) is 3.29. The molecule has 1 amide bonds. The second kappa shape index (κ2) is 6.23. The Balaban J connectivity index is 1.43. The Kier molecular flexibility index (Phi) is 4.38. The van der Waals surface area contributed by atoms with Gasteiger partial charge in [0.2, 0.25) is 5.91 Å². The van der Waals surface area contributed by atoms with Gasteiger partial charge in [-0.05, 0) is 43.9 Å². The first-order valence-corrected chi connectivity index (χ1v) is 7.94. The van der Waals surface area contributed by atoms with Gasteiger partial charge in [-0.1, -0.05) is 12.8 Å². The molecular formula is C15H26N2O2. The normalized spacial score (nSPS) is 35.9. The molecule has 4 nitrogen and oxygen atoms in total. The number of nitrogens with one attached hydrogen (secondary N) is 2. The van der Waals surface area contributed by atoms with E-state index >= 15 is 0 Å². The van der Waals surface area contributed by atoms with Crippen LogP contribution in [0.25, 0.3) is 0 Å².